The van der Waals surface area contributed by atoms with E-state index in [4.69, 9.17) is 0 Å². The van der Waals surface area contributed by atoms with E-state index in [-0.39, 0.29) is 0 Å². The first-order valence-corrected chi connectivity index (χ1v) is 10.3. The molecule has 0 saturated carbocycles. The summed E-state index contributed by atoms with van der Waals surface area (Å²) in [5, 5.41) is 8.53. The maximum absolute atomic E-state index is 3.07. The van der Waals surface area contributed by atoms with E-state index < -0.39 is 0 Å². The summed E-state index contributed by atoms with van der Waals surface area (Å²) < 4.78 is 2.69. The minimum atomic E-state index is 0.873. The molecule has 3 heteroatoms. The lowest BCUT2D eigenvalue weighted by molar-refractivity contribution is 1.74. The first kappa shape index (κ1) is 16.9. The van der Waals surface area contributed by atoms with Gasteiger partial charge >= 0.3 is 0 Å². The van der Waals surface area contributed by atoms with Crippen LogP contribution in [0.25, 0.3) is 34.4 Å². The molecule has 0 amide bonds. The van der Waals surface area contributed by atoms with Gasteiger partial charge in [-0.3, -0.25) is 0 Å². The molecule has 27 heavy (non-hydrogen) atoms. The number of hydrogen-bond donors (Lipinski definition) is 0. The summed E-state index contributed by atoms with van der Waals surface area (Å²) in [6, 6.07) is 5.84. The summed E-state index contributed by atoms with van der Waals surface area (Å²) in [6.45, 7) is 0. The molecule has 0 fully saturated rings. The predicted octanol–water partition coefficient (Wildman–Crippen LogP) is 1.16. The van der Waals surface area contributed by atoms with Crippen LogP contribution in [0, 0.1) is 0 Å². The van der Waals surface area contributed by atoms with Gasteiger partial charge in [0.1, 0.15) is 0 Å². The molecule has 0 nitrogen and oxygen atoms in total. The van der Waals surface area contributed by atoms with Crippen molar-refractivity contribution in [3.05, 3.63) is 98.0 Å². The molecule has 4 rings (SSSR count). The predicted molar refractivity (Wildman–Crippen MR) is 112 cm³/mol. The lowest BCUT2D eigenvalue weighted by Gasteiger charge is -1.64. The fourth-order valence-electron chi connectivity index (χ4n) is 2.07. The Kier molecular flexibility index (Phi) is 5.15. The minimum absolute atomic E-state index is 0.873. The maximum atomic E-state index is 3.07. The van der Waals surface area contributed by atoms with Gasteiger partial charge in [0, 0.05) is 0 Å². The van der Waals surface area contributed by atoms with E-state index in [2.05, 4.69) is 68.8 Å². The van der Waals surface area contributed by atoms with Crippen LogP contribution in [0.4, 0.5) is 0 Å². The van der Waals surface area contributed by atoms with Gasteiger partial charge in [-0.1, -0.05) is 17.2 Å². The van der Waals surface area contributed by atoms with Gasteiger partial charge in [0.2, 0.25) is 0 Å². The fraction of sp³-hybridized carbons (Fsp3) is 0. The molecule has 0 radical (unpaired) electrons. The smallest absolute Gasteiger partial charge is 0.0935 e. The Labute approximate surface area is 165 Å². The summed E-state index contributed by atoms with van der Waals surface area (Å²) in [5.74, 6) is 0. The standard InChI is InChI=1S/C24H6S3/c1-4-10-22-20(14-17-25-22)8-3-6-12-24-21(15-18-27-24)9-2-5-11-23-19(7-1)13-16-26-23/h13-18H. The summed E-state index contributed by atoms with van der Waals surface area (Å²) in [7, 11) is 0. The molecule has 0 spiro atoms. The van der Waals surface area contributed by atoms with Crippen molar-refractivity contribution >= 4 is 68.4 Å². The van der Waals surface area contributed by atoms with E-state index in [1.165, 1.54) is 0 Å². The van der Waals surface area contributed by atoms with E-state index in [9.17, 15) is 0 Å². The van der Waals surface area contributed by atoms with Crippen LogP contribution in [0.1, 0.15) is 0 Å². The second kappa shape index (κ2) is 8.23. The van der Waals surface area contributed by atoms with Crippen LogP contribution < -0.4 is 29.3 Å². The van der Waals surface area contributed by atoms with Gasteiger partial charge in [-0.15, -0.1) is 34.0 Å². The van der Waals surface area contributed by atoms with Gasteiger partial charge in [0.15, 0.2) is 0 Å². The summed E-state index contributed by atoms with van der Waals surface area (Å²) >= 11 is 4.64. The molecule has 3 aromatic rings. The van der Waals surface area contributed by atoms with Crippen molar-refractivity contribution < 1.29 is 0 Å². The van der Waals surface area contributed by atoms with Crippen molar-refractivity contribution in [2.75, 3.05) is 0 Å². The topological polar surface area (TPSA) is 0 Å². The molecule has 0 unspecified atom stereocenters. The molecule has 0 N–H and O–H groups in total. The number of thiophene rings is 3. The number of fused-ring (bicyclic) bond motifs is 3. The van der Waals surface area contributed by atoms with Gasteiger partial charge in [0.05, 0.1) is 29.3 Å². The maximum Gasteiger partial charge on any atom is 0.0935 e. The summed E-state index contributed by atoms with van der Waals surface area (Å²) in [6.07, 6.45) is 0. The average Bonchev–Trinajstić information content (AvgIpc) is 3.40. The second-order valence-electron chi connectivity index (χ2n) is 4.99. The van der Waals surface area contributed by atoms with Crippen LogP contribution in [0.2, 0.25) is 0 Å². The lowest BCUT2D eigenvalue weighted by Crippen LogP contribution is -2.14. The van der Waals surface area contributed by atoms with Crippen LogP contribution in [-0.2, 0) is 0 Å². The normalized spacial score (nSPS) is 10.2. The Balaban J connectivity index is 2.40. The molecular weight excluding hydrogens is 384 g/mol. The summed E-state index contributed by atoms with van der Waals surface area (Å²) in [5.41, 5.74) is 35.8. The van der Waals surface area contributed by atoms with E-state index in [0.717, 1.165) is 29.3 Å². The monoisotopic (exact) mass is 390 g/mol. The van der Waals surface area contributed by atoms with Crippen LogP contribution in [0.5, 0.6) is 0 Å². The first-order chi connectivity index (χ1) is 13.4. The SMILES string of the molecule is C1=C=C=c2sccc2=C=C=C=C=c2sccc2=C=C=C=C=c2sccc2=C=1. The van der Waals surface area contributed by atoms with Gasteiger partial charge in [-0.25, -0.2) is 0 Å². The lowest BCUT2D eigenvalue weighted by atomic mass is 10.4. The molecule has 0 aliphatic heterocycles. The average molecular weight is 391 g/mol. The quantitative estimate of drug-likeness (QED) is 0.396. The highest BCUT2D eigenvalue weighted by Crippen LogP contribution is 1.80. The molecule has 3 heterocycles. The van der Waals surface area contributed by atoms with E-state index in [1.807, 2.05) is 34.3 Å². The zero-order valence-corrected chi connectivity index (χ0v) is 16.1. The molecule has 0 bridgehead atoms. The number of rotatable bonds is 0. The van der Waals surface area contributed by atoms with Crippen LogP contribution in [0.3, 0.4) is 0 Å². The third kappa shape index (κ3) is 4.17. The van der Waals surface area contributed by atoms with E-state index in [0.29, 0.717) is 0 Å². The molecule has 0 saturated heterocycles. The Morgan fingerprint density at radius 2 is 0.704 bits per heavy atom. The number of hydrogen-bond acceptors (Lipinski definition) is 3. The highest BCUT2D eigenvalue weighted by Gasteiger charge is 1.84. The van der Waals surface area contributed by atoms with Gasteiger partial charge in [-0.05, 0) is 85.9 Å². The van der Waals surface area contributed by atoms with E-state index in [1.54, 1.807) is 34.0 Å². The first-order valence-electron chi connectivity index (χ1n) is 7.69. The van der Waals surface area contributed by atoms with Crippen molar-refractivity contribution in [2.45, 2.75) is 0 Å². The zero-order chi connectivity index (χ0) is 18.3. The molecule has 120 valence electrons. The van der Waals surface area contributed by atoms with Crippen LogP contribution in [0.15, 0.2) is 68.7 Å². The van der Waals surface area contributed by atoms with Crippen LogP contribution in [-0.4, -0.2) is 0 Å². The molecule has 3 aromatic heterocycles. The Morgan fingerprint density at radius 1 is 0.407 bits per heavy atom. The minimum Gasteiger partial charge on any atom is -0.134 e. The largest absolute Gasteiger partial charge is 0.134 e. The summed E-state index contributed by atoms with van der Waals surface area (Å²) in [4.78, 5) is 0. The Bertz CT molecular complexity index is 1450. The van der Waals surface area contributed by atoms with Crippen molar-refractivity contribution in [2.24, 2.45) is 0 Å². The Morgan fingerprint density at radius 3 is 1.04 bits per heavy atom. The van der Waals surface area contributed by atoms with E-state index >= 15 is 0 Å². The third-order valence-electron chi connectivity index (χ3n) is 3.30. The van der Waals surface area contributed by atoms with Crippen molar-refractivity contribution in [1.29, 1.82) is 0 Å². The van der Waals surface area contributed by atoms with Gasteiger partial charge in [-0.2, -0.15) is 0 Å². The van der Waals surface area contributed by atoms with Crippen molar-refractivity contribution in [1.82, 2.24) is 0 Å². The molecular formula is C24H6S3. The highest BCUT2D eigenvalue weighted by molar-refractivity contribution is 7.08. The third-order valence-corrected chi connectivity index (χ3v) is 5.79. The molecule has 0 atom stereocenters. The Hall–Kier alpha value is -3.54. The van der Waals surface area contributed by atoms with Gasteiger partial charge in [0.25, 0.3) is 0 Å². The fourth-order valence-corrected chi connectivity index (χ4v) is 4.16. The second-order valence-corrected chi connectivity index (χ2v) is 7.74. The van der Waals surface area contributed by atoms with Crippen LogP contribution >= 0.6 is 34.0 Å². The molecule has 1 aliphatic carbocycles. The molecule has 0 aromatic carbocycles. The zero-order valence-electron chi connectivity index (χ0n) is 13.7. The highest BCUT2D eigenvalue weighted by atomic mass is 32.1. The molecule has 1 aliphatic rings. The van der Waals surface area contributed by atoms with Crippen molar-refractivity contribution in [3.8, 4) is 0 Å². The van der Waals surface area contributed by atoms with Gasteiger partial charge < -0.3 is 0 Å². The van der Waals surface area contributed by atoms with Crippen molar-refractivity contribution in [3.63, 3.8) is 0 Å².